The highest BCUT2D eigenvalue weighted by Crippen LogP contribution is 2.51. The summed E-state index contributed by atoms with van der Waals surface area (Å²) in [6, 6.07) is 61.3. The highest BCUT2D eigenvalue weighted by atomic mass is 15.1. The highest BCUT2D eigenvalue weighted by Gasteiger charge is 2.29. The first-order chi connectivity index (χ1) is 31.7. The average Bonchev–Trinajstić information content (AvgIpc) is 3.36. The van der Waals surface area contributed by atoms with Gasteiger partial charge in [-0.2, -0.15) is 0 Å². The van der Waals surface area contributed by atoms with Gasteiger partial charge in [-0.25, -0.2) is 0 Å². The van der Waals surface area contributed by atoms with E-state index in [2.05, 4.69) is 176 Å². The van der Waals surface area contributed by atoms with E-state index < -0.39 is 0 Å². The smallest absolute Gasteiger partial charge is 0.0543 e. The molecule has 0 N–H and O–H groups in total. The van der Waals surface area contributed by atoms with E-state index in [4.69, 9.17) is 0 Å². The van der Waals surface area contributed by atoms with Crippen LogP contribution in [0.2, 0.25) is 0 Å². The molecule has 2 aliphatic rings. The van der Waals surface area contributed by atoms with Gasteiger partial charge in [0.05, 0.1) is 11.4 Å². The standard InChI is InChI=1S/C63H57N/c1-3-41-39-58(55(54-30-14-23-44-18-6-10-27-49(44)54)34-33-47-22-13-21-43-17-5-9-26-48(43)47)56-37-35-53-42(4-2)40-61(57-38-36-52(41)62(56)63(53)57)64(59-31-15-24-45-19-7-11-28-50(45)59)60-32-16-25-46-20-8-12-29-51(46)60/h5,7,9,11,13-17,19,21-26,28,30-32,35-40,55H,3-4,6,8,10,12,18,20,27,29,33-34H2,1-2H3. The van der Waals surface area contributed by atoms with Crippen molar-refractivity contribution in [3.05, 3.63) is 208 Å². The van der Waals surface area contributed by atoms with Gasteiger partial charge in [0.15, 0.2) is 0 Å². The third-order valence-corrected chi connectivity index (χ3v) is 15.5. The fourth-order valence-corrected chi connectivity index (χ4v) is 12.4. The summed E-state index contributed by atoms with van der Waals surface area (Å²) in [6.45, 7) is 4.72. The van der Waals surface area contributed by atoms with Crippen molar-refractivity contribution in [3.8, 4) is 0 Å². The first-order valence-electron chi connectivity index (χ1n) is 24.4. The molecular formula is C63H57N. The Bertz CT molecular complexity index is 3380. The zero-order valence-corrected chi connectivity index (χ0v) is 37.5. The van der Waals surface area contributed by atoms with Crippen LogP contribution in [0.4, 0.5) is 17.1 Å². The van der Waals surface area contributed by atoms with Crippen molar-refractivity contribution >= 4 is 70.9 Å². The van der Waals surface area contributed by atoms with E-state index >= 15 is 0 Å². The maximum Gasteiger partial charge on any atom is 0.0543 e. The van der Waals surface area contributed by atoms with Crippen LogP contribution in [0.25, 0.3) is 53.9 Å². The third-order valence-electron chi connectivity index (χ3n) is 15.5. The van der Waals surface area contributed by atoms with E-state index in [1.165, 1.54) is 143 Å². The molecule has 0 amide bonds. The molecule has 0 radical (unpaired) electrons. The van der Waals surface area contributed by atoms with E-state index in [0.29, 0.717) is 0 Å². The number of anilines is 3. The Hall–Kier alpha value is -6.44. The summed E-state index contributed by atoms with van der Waals surface area (Å²) in [5.74, 6) is 0.273. The maximum atomic E-state index is 2.67. The second-order valence-electron chi connectivity index (χ2n) is 18.8. The van der Waals surface area contributed by atoms with Crippen molar-refractivity contribution < 1.29 is 0 Å². The molecule has 0 saturated carbocycles. The minimum Gasteiger partial charge on any atom is -0.309 e. The minimum atomic E-state index is 0.273. The number of rotatable bonds is 10. The molecule has 314 valence electrons. The Balaban J connectivity index is 1.13. The Morgan fingerprint density at radius 3 is 1.75 bits per heavy atom. The van der Waals surface area contributed by atoms with Crippen LogP contribution in [0, 0.1) is 0 Å². The fourth-order valence-electron chi connectivity index (χ4n) is 12.4. The molecule has 10 aromatic carbocycles. The molecule has 0 spiro atoms. The first-order valence-corrected chi connectivity index (χ1v) is 24.4. The molecule has 1 atom stereocenters. The molecule has 12 rings (SSSR count). The molecule has 0 fully saturated rings. The van der Waals surface area contributed by atoms with Crippen molar-refractivity contribution in [2.45, 2.75) is 96.8 Å². The largest absolute Gasteiger partial charge is 0.309 e. The summed E-state index contributed by atoms with van der Waals surface area (Å²) < 4.78 is 0. The van der Waals surface area contributed by atoms with Crippen molar-refractivity contribution in [2.75, 3.05) is 4.90 Å². The second kappa shape index (κ2) is 16.3. The molecule has 2 aliphatic carbocycles. The maximum absolute atomic E-state index is 2.67. The van der Waals surface area contributed by atoms with Crippen molar-refractivity contribution in [3.63, 3.8) is 0 Å². The third kappa shape index (κ3) is 6.42. The van der Waals surface area contributed by atoms with Gasteiger partial charge in [0, 0.05) is 22.4 Å². The molecule has 10 aromatic rings. The summed E-state index contributed by atoms with van der Waals surface area (Å²) in [5.41, 5.74) is 17.5. The van der Waals surface area contributed by atoms with Crippen LogP contribution in [0.5, 0.6) is 0 Å². The lowest BCUT2D eigenvalue weighted by molar-refractivity contribution is 0.655. The second-order valence-corrected chi connectivity index (χ2v) is 18.8. The molecule has 0 saturated heterocycles. The molecule has 0 bridgehead atoms. The number of hydrogen-bond acceptors (Lipinski definition) is 1. The lowest BCUT2D eigenvalue weighted by Gasteiger charge is -2.33. The van der Waals surface area contributed by atoms with E-state index in [-0.39, 0.29) is 5.92 Å². The predicted molar refractivity (Wildman–Crippen MR) is 275 cm³/mol. The van der Waals surface area contributed by atoms with Crippen LogP contribution in [0.3, 0.4) is 0 Å². The number of nitrogens with zero attached hydrogens (tertiary/aromatic N) is 1. The monoisotopic (exact) mass is 827 g/mol. The molecule has 0 aromatic heterocycles. The number of fused-ring (bicyclic) bond motifs is 4. The lowest BCUT2D eigenvalue weighted by atomic mass is 9.76. The van der Waals surface area contributed by atoms with Crippen LogP contribution in [0.15, 0.2) is 158 Å². The Kier molecular flexibility index (Phi) is 9.96. The summed E-state index contributed by atoms with van der Waals surface area (Å²) in [7, 11) is 0. The topological polar surface area (TPSA) is 3.24 Å². The lowest BCUT2D eigenvalue weighted by Crippen LogP contribution is -2.16. The van der Waals surface area contributed by atoms with E-state index in [0.717, 1.165) is 38.5 Å². The molecular weight excluding hydrogens is 771 g/mol. The Morgan fingerprint density at radius 1 is 0.406 bits per heavy atom. The minimum absolute atomic E-state index is 0.273. The first kappa shape index (κ1) is 39.2. The predicted octanol–water partition coefficient (Wildman–Crippen LogP) is 17.0. The van der Waals surface area contributed by atoms with Gasteiger partial charge in [0.25, 0.3) is 0 Å². The highest BCUT2D eigenvalue weighted by molar-refractivity contribution is 6.28. The van der Waals surface area contributed by atoms with E-state index in [1.807, 2.05) is 0 Å². The van der Waals surface area contributed by atoms with Crippen molar-refractivity contribution in [1.29, 1.82) is 0 Å². The zero-order valence-electron chi connectivity index (χ0n) is 37.5. The SMILES string of the molecule is CCc1cc(C(CCc2cccc3ccccc23)c2cccc3c2CCCC3)c2ccc3c(CC)cc(N(c4cccc5c4CCCC5)c4cccc5ccccc45)c4ccc1c2c34. The number of benzene rings is 10. The van der Waals surface area contributed by atoms with Crippen LogP contribution >= 0.6 is 0 Å². The fraction of sp³-hybridized carbons (Fsp3) is 0.238. The van der Waals surface area contributed by atoms with Gasteiger partial charge in [-0.05, 0) is 188 Å². The van der Waals surface area contributed by atoms with Gasteiger partial charge < -0.3 is 4.90 Å². The number of aryl methyl sites for hydroxylation is 5. The van der Waals surface area contributed by atoms with Crippen molar-refractivity contribution in [2.24, 2.45) is 0 Å². The number of hydrogen-bond donors (Lipinski definition) is 0. The molecule has 1 heteroatoms. The zero-order chi connectivity index (χ0) is 42.7. The summed E-state index contributed by atoms with van der Waals surface area (Å²) in [6.07, 6.45) is 13.8. The van der Waals surface area contributed by atoms with E-state index in [9.17, 15) is 0 Å². The van der Waals surface area contributed by atoms with Gasteiger partial charge in [-0.15, -0.1) is 0 Å². The molecule has 1 unspecified atom stereocenters. The Labute approximate surface area is 378 Å². The van der Waals surface area contributed by atoms with Crippen LogP contribution in [0.1, 0.15) is 102 Å². The summed E-state index contributed by atoms with van der Waals surface area (Å²) in [5, 5.41) is 13.7. The summed E-state index contributed by atoms with van der Waals surface area (Å²) >= 11 is 0. The Morgan fingerprint density at radius 2 is 0.969 bits per heavy atom. The van der Waals surface area contributed by atoms with Gasteiger partial charge in [-0.1, -0.05) is 153 Å². The summed E-state index contributed by atoms with van der Waals surface area (Å²) in [4.78, 5) is 2.67. The van der Waals surface area contributed by atoms with Crippen molar-refractivity contribution in [1.82, 2.24) is 0 Å². The quantitative estimate of drug-likeness (QED) is 0.124. The van der Waals surface area contributed by atoms with E-state index in [1.54, 1.807) is 16.7 Å². The van der Waals surface area contributed by atoms with Crippen LogP contribution < -0.4 is 4.90 Å². The van der Waals surface area contributed by atoms with Gasteiger partial charge in [0.1, 0.15) is 0 Å². The van der Waals surface area contributed by atoms with Crippen LogP contribution in [-0.4, -0.2) is 0 Å². The normalized spacial score (nSPS) is 14.4. The van der Waals surface area contributed by atoms with Gasteiger partial charge >= 0.3 is 0 Å². The molecule has 0 aliphatic heterocycles. The van der Waals surface area contributed by atoms with Gasteiger partial charge in [0.2, 0.25) is 0 Å². The molecule has 64 heavy (non-hydrogen) atoms. The molecule has 1 nitrogen and oxygen atoms in total. The van der Waals surface area contributed by atoms with Crippen LogP contribution in [-0.2, 0) is 44.9 Å². The average molecular weight is 828 g/mol. The van der Waals surface area contributed by atoms with Gasteiger partial charge in [-0.3, -0.25) is 0 Å². The molecule has 0 heterocycles.